The molecule has 1 aliphatic heterocycles. The first-order valence-corrected chi connectivity index (χ1v) is 12.9. The van der Waals surface area contributed by atoms with Crippen LogP contribution in [0.4, 0.5) is 0 Å². The van der Waals surface area contributed by atoms with Gasteiger partial charge in [-0.15, -0.1) is 10.2 Å². The first kappa shape index (κ1) is 23.0. The molecule has 0 amide bonds. The van der Waals surface area contributed by atoms with Crippen molar-refractivity contribution in [1.29, 1.82) is 0 Å². The molecular formula is C24H28ClN3O3S. The minimum atomic E-state index is -3.54. The topological polar surface area (TPSA) is 76.3 Å². The lowest BCUT2D eigenvalue weighted by Gasteiger charge is -2.24. The SMILES string of the molecule is CCC(C)(C)c1ccc(CS(=O)(=O)N2CCCC2c2nnc(-c3ccc(Cl)cc3)o2)cc1. The fourth-order valence-corrected chi connectivity index (χ4v) is 5.84. The third-order valence-electron chi connectivity index (χ3n) is 6.35. The molecule has 0 N–H and O–H groups in total. The van der Waals surface area contributed by atoms with E-state index in [-0.39, 0.29) is 11.2 Å². The number of aromatic nitrogens is 2. The van der Waals surface area contributed by atoms with Crippen LogP contribution in [0, 0.1) is 0 Å². The molecule has 2 aromatic carbocycles. The van der Waals surface area contributed by atoms with E-state index in [2.05, 4.69) is 31.0 Å². The van der Waals surface area contributed by atoms with Crippen LogP contribution in [0.1, 0.15) is 63.1 Å². The van der Waals surface area contributed by atoms with E-state index in [0.29, 0.717) is 29.8 Å². The van der Waals surface area contributed by atoms with E-state index >= 15 is 0 Å². The van der Waals surface area contributed by atoms with Gasteiger partial charge in [0.25, 0.3) is 0 Å². The molecular weight excluding hydrogens is 446 g/mol. The van der Waals surface area contributed by atoms with Gasteiger partial charge < -0.3 is 4.42 Å². The quantitative estimate of drug-likeness (QED) is 0.437. The molecule has 0 aliphatic carbocycles. The number of halogens is 1. The second-order valence-electron chi connectivity index (χ2n) is 8.91. The average molecular weight is 474 g/mol. The maximum Gasteiger partial charge on any atom is 0.247 e. The molecule has 170 valence electrons. The number of benzene rings is 2. The fraction of sp³-hybridized carbons (Fsp3) is 0.417. The summed E-state index contributed by atoms with van der Waals surface area (Å²) in [6, 6.07) is 14.6. The molecule has 4 rings (SSSR count). The van der Waals surface area contributed by atoms with Crippen molar-refractivity contribution in [2.45, 2.75) is 57.2 Å². The zero-order chi connectivity index (χ0) is 22.9. The van der Waals surface area contributed by atoms with E-state index in [4.69, 9.17) is 16.0 Å². The van der Waals surface area contributed by atoms with Gasteiger partial charge in [0, 0.05) is 17.1 Å². The van der Waals surface area contributed by atoms with Crippen LogP contribution in [0.3, 0.4) is 0 Å². The molecule has 1 aliphatic rings. The summed E-state index contributed by atoms with van der Waals surface area (Å²) in [5, 5.41) is 8.90. The highest BCUT2D eigenvalue weighted by atomic mass is 35.5. The monoisotopic (exact) mass is 473 g/mol. The Kier molecular flexibility index (Phi) is 6.43. The molecule has 8 heteroatoms. The van der Waals surface area contributed by atoms with Crippen molar-refractivity contribution in [2.75, 3.05) is 6.54 Å². The largest absolute Gasteiger partial charge is 0.419 e. The molecule has 0 bridgehead atoms. The van der Waals surface area contributed by atoms with Crippen LogP contribution in [0.5, 0.6) is 0 Å². The van der Waals surface area contributed by atoms with Gasteiger partial charge in [-0.2, -0.15) is 4.31 Å². The number of sulfonamides is 1. The Morgan fingerprint density at radius 1 is 1.09 bits per heavy atom. The first-order valence-electron chi connectivity index (χ1n) is 10.9. The van der Waals surface area contributed by atoms with Crippen molar-refractivity contribution in [2.24, 2.45) is 0 Å². The van der Waals surface area contributed by atoms with Crippen LogP contribution in [-0.2, 0) is 21.2 Å². The zero-order valence-corrected chi connectivity index (χ0v) is 20.2. The fourth-order valence-electron chi connectivity index (χ4n) is 3.95. The van der Waals surface area contributed by atoms with Gasteiger partial charge in [0.15, 0.2) is 0 Å². The van der Waals surface area contributed by atoms with Crippen LogP contribution in [-0.4, -0.2) is 29.5 Å². The summed E-state index contributed by atoms with van der Waals surface area (Å²) in [7, 11) is -3.54. The van der Waals surface area contributed by atoms with E-state index in [1.54, 1.807) is 24.3 Å². The molecule has 1 unspecified atom stereocenters. The van der Waals surface area contributed by atoms with Gasteiger partial charge in [0.2, 0.25) is 21.8 Å². The van der Waals surface area contributed by atoms with Gasteiger partial charge in [0.05, 0.1) is 5.75 Å². The Labute approximate surface area is 194 Å². The van der Waals surface area contributed by atoms with Crippen molar-refractivity contribution in [3.05, 3.63) is 70.6 Å². The molecule has 2 heterocycles. The zero-order valence-electron chi connectivity index (χ0n) is 18.6. The van der Waals surface area contributed by atoms with Gasteiger partial charge in [-0.25, -0.2) is 8.42 Å². The molecule has 6 nitrogen and oxygen atoms in total. The third-order valence-corrected chi connectivity index (χ3v) is 8.45. The average Bonchev–Trinajstić information content (AvgIpc) is 3.44. The first-order chi connectivity index (χ1) is 15.2. The highest BCUT2D eigenvalue weighted by Gasteiger charge is 2.38. The molecule has 1 fully saturated rings. The van der Waals surface area contributed by atoms with Crippen molar-refractivity contribution >= 4 is 21.6 Å². The predicted molar refractivity (Wildman–Crippen MR) is 126 cm³/mol. The van der Waals surface area contributed by atoms with Crippen molar-refractivity contribution in [3.63, 3.8) is 0 Å². The molecule has 32 heavy (non-hydrogen) atoms. The predicted octanol–water partition coefficient (Wildman–Crippen LogP) is 5.74. The summed E-state index contributed by atoms with van der Waals surface area (Å²) in [5.41, 5.74) is 2.80. The highest BCUT2D eigenvalue weighted by molar-refractivity contribution is 7.88. The van der Waals surface area contributed by atoms with Gasteiger partial charge >= 0.3 is 0 Å². The van der Waals surface area contributed by atoms with Gasteiger partial charge in [-0.05, 0) is 60.1 Å². The minimum absolute atomic E-state index is 0.0471. The second-order valence-corrected chi connectivity index (χ2v) is 11.3. The Balaban J connectivity index is 1.52. The molecule has 1 atom stereocenters. The molecule has 0 radical (unpaired) electrons. The Hall–Kier alpha value is -2.22. The number of hydrogen-bond acceptors (Lipinski definition) is 5. The second kappa shape index (κ2) is 8.96. The van der Waals surface area contributed by atoms with E-state index < -0.39 is 16.1 Å². The molecule has 1 saturated heterocycles. The molecule has 3 aromatic rings. The minimum Gasteiger partial charge on any atom is -0.419 e. The summed E-state index contributed by atoms with van der Waals surface area (Å²) >= 11 is 5.94. The lowest BCUT2D eigenvalue weighted by Crippen LogP contribution is -2.32. The summed E-state index contributed by atoms with van der Waals surface area (Å²) in [4.78, 5) is 0. The van der Waals surface area contributed by atoms with E-state index in [1.807, 2.05) is 24.3 Å². The van der Waals surface area contributed by atoms with Crippen LogP contribution in [0.2, 0.25) is 5.02 Å². The van der Waals surface area contributed by atoms with Crippen LogP contribution < -0.4 is 0 Å². The standard InChI is InChI=1S/C24H28ClN3O3S/c1-4-24(2,3)19-11-7-17(8-12-19)16-32(29,30)28-15-5-6-21(28)23-27-26-22(31-23)18-9-13-20(25)14-10-18/h7-14,21H,4-6,15-16H2,1-3H3. The van der Waals surface area contributed by atoms with E-state index in [0.717, 1.165) is 24.0 Å². The number of hydrogen-bond donors (Lipinski definition) is 0. The summed E-state index contributed by atoms with van der Waals surface area (Å²) in [6.45, 7) is 6.99. The van der Waals surface area contributed by atoms with Crippen LogP contribution >= 0.6 is 11.6 Å². The Morgan fingerprint density at radius 3 is 2.44 bits per heavy atom. The Bertz CT molecular complexity index is 1170. The van der Waals surface area contributed by atoms with Crippen molar-refractivity contribution in [3.8, 4) is 11.5 Å². The van der Waals surface area contributed by atoms with E-state index in [1.165, 1.54) is 9.87 Å². The third kappa shape index (κ3) is 4.75. The summed E-state index contributed by atoms with van der Waals surface area (Å²) in [6.07, 6.45) is 2.43. The number of rotatable bonds is 7. The van der Waals surface area contributed by atoms with Crippen LogP contribution in [0.25, 0.3) is 11.5 Å². The normalized spacial score (nSPS) is 17.7. The van der Waals surface area contributed by atoms with Crippen molar-refractivity contribution < 1.29 is 12.8 Å². The van der Waals surface area contributed by atoms with Gasteiger partial charge in [-0.1, -0.05) is 56.6 Å². The highest BCUT2D eigenvalue weighted by Crippen LogP contribution is 2.36. The number of nitrogens with zero attached hydrogens (tertiary/aromatic N) is 3. The molecule has 0 spiro atoms. The molecule has 0 saturated carbocycles. The Morgan fingerprint density at radius 2 is 1.78 bits per heavy atom. The van der Waals surface area contributed by atoms with Crippen molar-refractivity contribution in [1.82, 2.24) is 14.5 Å². The van der Waals surface area contributed by atoms with Gasteiger partial charge in [0.1, 0.15) is 6.04 Å². The maximum atomic E-state index is 13.3. The molecule has 1 aromatic heterocycles. The van der Waals surface area contributed by atoms with Gasteiger partial charge in [-0.3, -0.25) is 0 Å². The van der Waals surface area contributed by atoms with E-state index in [9.17, 15) is 8.42 Å². The lowest BCUT2D eigenvalue weighted by molar-refractivity contribution is 0.332. The summed E-state index contributed by atoms with van der Waals surface area (Å²) in [5.74, 6) is 0.639. The maximum absolute atomic E-state index is 13.3. The lowest BCUT2D eigenvalue weighted by atomic mass is 9.82. The summed E-state index contributed by atoms with van der Waals surface area (Å²) < 4.78 is 33.9. The smallest absolute Gasteiger partial charge is 0.247 e. The van der Waals surface area contributed by atoms with Crippen LogP contribution in [0.15, 0.2) is 52.9 Å².